The Morgan fingerprint density at radius 3 is 2.00 bits per heavy atom. The van der Waals surface area contributed by atoms with E-state index in [4.69, 9.17) is 16.0 Å². The monoisotopic (exact) mass is 299 g/mol. The molecule has 1 aromatic rings. The molecule has 0 radical (unpaired) electrons. The number of hydrogen-bond donors (Lipinski definition) is 0. The van der Waals surface area contributed by atoms with Crippen LogP contribution in [0.3, 0.4) is 0 Å². The van der Waals surface area contributed by atoms with E-state index in [2.05, 4.69) is 46.5 Å². The number of pyridine rings is 1. The minimum absolute atomic E-state index is 0.476. The van der Waals surface area contributed by atoms with E-state index in [0.29, 0.717) is 22.5 Å². The average molecular weight is 300 g/mol. The molecule has 0 aliphatic carbocycles. The third kappa shape index (κ3) is 3.51. The molecule has 1 heterocycles. The fourth-order valence-electron chi connectivity index (χ4n) is 3.15. The molecule has 0 saturated heterocycles. The van der Waals surface area contributed by atoms with E-state index in [1.807, 2.05) is 12.3 Å². The van der Waals surface area contributed by atoms with Crippen LogP contribution in [0.5, 0.6) is 5.75 Å². The van der Waals surface area contributed by atoms with Crippen molar-refractivity contribution in [3.8, 4) is 5.75 Å². The number of halogens is 1. The maximum atomic E-state index is 6.55. The summed E-state index contributed by atoms with van der Waals surface area (Å²) in [5.74, 6) is 1.35. The van der Waals surface area contributed by atoms with Crippen molar-refractivity contribution < 1.29 is 4.43 Å². The van der Waals surface area contributed by atoms with E-state index in [0.717, 1.165) is 11.3 Å². The number of nitrogens with zero attached hydrogens (tertiary/aromatic N) is 1. The fourth-order valence-corrected chi connectivity index (χ4v) is 8.52. The molecule has 0 N–H and O–H groups in total. The van der Waals surface area contributed by atoms with E-state index in [-0.39, 0.29) is 0 Å². The summed E-state index contributed by atoms with van der Waals surface area (Å²) in [6, 6.07) is 2.02. The van der Waals surface area contributed by atoms with Gasteiger partial charge in [0.2, 0.25) is 0 Å². The molecule has 0 saturated carbocycles. The first kappa shape index (κ1) is 16.5. The molecular weight excluding hydrogens is 274 g/mol. The fraction of sp³-hybridized carbons (Fsp3) is 0.667. The van der Waals surface area contributed by atoms with Gasteiger partial charge in [-0.15, -0.1) is 11.6 Å². The summed E-state index contributed by atoms with van der Waals surface area (Å²) < 4.78 is 6.55. The molecule has 1 rings (SSSR count). The van der Waals surface area contributed by atoms with Crippen LogP contribution in [0, 0.1) is 0 Å². The van der Waals surface area contributed by atoms with Crippen molar-refractivity contribution in [2.24, 2.45) is 0 Å². The lowest BCUT2D eigenvalue weighted by atomic mass is 10.3. The maximum Gasteiger partial charge on any atom is 0.258 e. The van der Waals surface area contributed by atoms with Gasteiger partial charge in [0.25, 0.3) is 8.32 Å². The first-order chi connectivity index (χ1) is 8.84. The summed E-state index contributed by atoms with van der Waals surface area (Å²) in [7, 11) is -1.89. The van der Waals surface area contributed by atoms with Crippen LogP contribution in [0.25, 0.3) is 0 Å². The van der Waals surface area contributed by atoms with Crippen LogP contribution in [0.2, 0.25) is 16.6 Å². The molecule has 0 amide bonds. The Labute approximate surface area is 123 Å². The van der Waals surface area contributed by atoms with Crippen LogP contribution < -0.4 is 4.43 Å². The summed E-state index contributed by atoms with van der Waals surface area (Å²) in [5, 5.41) is 0. The van der Waals surface area contributed by atoms with Crippen LogP contribution >= 0.6 is 11.6 Å². The molecule has 0 fully saturated rings. The zero-order valence-corrected chi connectivity index (χ0v) is 14.7. The zero-order chi connectivity index (χ0) is 14.6. The molecular formula is C15H26ClNOSi. The molecule has 0 aromatic carbocycles. The quantitative estimate of drug-likeness (QED) is 0.520. The third-order valence-electron chi connectivity index (χ3n) is 3.93. The van der Waals surface area contributed by atoms with Crippen LogP contribution in [0.4, 0.5) is 0 Å². The lowest BCUT2D eigenvalue weighted by Gasteiger charge is -2.42. The van der Waals surface area contributed by atoms with E-state index in [9.17, 15) is 0 Å². The highest BCUT2D eigenvalue weighted by atomic mass is 35.5. The van der Waals surface area contributed by atoms with Crippen LogP contribution in [-0.2, 0) is 5.88 Å². The molecule has 0 aliphatic rings. The smallest absolute Gasteiger partial charge is 0.258 e. The highest BCUT2D eigenvalue weighted by Crippen LogP contribution is 2.42. The van der Waals surface area contributed by atoms with Gasteiger partial charge in [0.1, 0.15) is 5.75 Å². The van der Waals surface area contributed by atoms with Gasteiger partial charge in [-0.1, -0.05) is 41.5 Å². The second-order valence-electron chi connectivity index (χ2n) is 6.08. The van der Waals surface area contributed by atoms with Gasteiger partial charge in [-0.05, 0) is 28.3 Å². The summed E-state index contributed by atoms with van der Waals surface area (Å²) in [4.78, 5) is 4.23. The van der Waals surface area contributed by atoms with Crippen molar-refractivity contribution in [3.05, 3.63) is 24.0 Å². The molecule has 1 aromatic heterocycles. The Kier molecular flexibility index (Phi) is 5.87. The van der Waals surface area contributed by atoms with Crippen molar-refractivity contribution in [2.75, 3.05) is 0 Å². The third-order valence-corrected chi connectivity index (χ3v) is 10.2. The van der Waals surface area contributed by atoms with E-state index in [1.54, 1.807) is 6.20 Å². The molecule has 2 nitrogen and oxygen atoms in total. The molecule has 0 bridgehead atoms. The van der Waals surface area contributed by atoms with Crippen LogP contribution in [0.1, 0.15) is 47.1 Å². The van der Waals surface area contributed by atoms with Crippen molar-refractivity contribution in [3.63, 3.8) is 0 Å². The van der Waals surface area contributed by atoms with Gasteiger partial charge >= 0.3 is 0 Å². The van der Waals surface area contributed by atoms with Crippen molar-refractivity contribution in [2.45, 2.75) is 64.0 Å². The maximum absolute atomic E-state index is 6.55. The minimum atomic E-state index is -1.89. The number of hydrogen-bond acceptors (Lipinski definition) is 2. The van der Waals surface area contributed by atoms with Gasteiger partial charge in [-0.2, -0.15) is 0 Å². The van der Waals surface area contributed by atoms with Crippen LogP contribution in [0.15, 0.2) is 18.5 Å². The second-order valence-corrected chi connectivity index (χ2v) is 11.7. The van der Waals surface area contributed by atoms with Gasteiger partial charge in [0.05, 0.1) is 6.20 Å². The molecule has 0 unspecified atom stereocenters. The van der Waals surface area contributed by atoms with Crippen LogP contribution in [-0.4, -0.2) is 13.3 Å². The molecule has 19 heavy (non-hydrogen) atoms. The number of aromatic nitrogens is 1. The zero-order valence-electron chi connectivity index (χ0n) is 12.9. The van der Waals surface area contributed by atoms with Crippen molar-refractivity contribution >= 4 is 19.9 Å². The Morgan fingerprint density at radius 2 is 1.58 bits per heavy atom. The van der Waals surface area contributed by atoms with Gasteiger partial charge in [0.15, 0.2) is 0 Å². The molecule has 0 spiro atoms. The second kappa shape index (κ2) is 6.75. The lowest BCUT2D eigenvalue weighted by Crippen LogP contribution is -2.50. The predicted octanol–water partition coefficient (Wildman–Crippen LogP) is 5.37. The number of alkyl halides is 1. The Hall–Kier alpha value is -0.543. The van der Waals surface area contributed by atoms with Crippen molar-refractivity contribution in [1.82, 2.24) is 4.98 Å². The van der Waals surface area contributed by atoms with Crippen molar-refractivity contribution in [1.29, 1.82) is 0 Å². The van der Waals surface area contributed by atoms with E-state index >= 15 is 0 Å². The Bertz CT molecular complexity index is 385. The Balaban J connectivity index is 3.13. The lowest BCUT2D eigenvalue weighted by molar-refractivity contribution is 0.477. The number of rotatable bonds is 6. The SMILES string of the molecule is CC(C)[Si](Oc1cncc(CCl)c1)(C(C)C)C(C)C. The highest BCUT2D eigenvalue weighted by molar-refractivity contribution is 6.78. The molecule has 0 atom stereocenters. The first-order valence-electron chi connectivity index (χ1n) is 7.03. The van der Waals surface area contributed by atoms with Gasteiger partial charge < -0.3 is 4.43 Å². The first-order valence-corrected chi connectivity index (χ1v) is 9.71. The van der Waals surface area contributed by atoms with Gasteiger partial charge in [0, 0.05) is 12.1 Å². The summed E-state index contributed by atoms with van der Waals surface area (Å²) >= 11 is 5.87. The normalized spacial score (nSPS) is 12.5. The predicted molar refractivity (Wildman–Crippen MR) is 85.5 cm³/mol. The topological polar surface area (TPSA) is 22.1 Å². The molecule has 4 heteroatoms. The molecule has 108 valence electrons. The van der Waals surface area contributed by atoms with E-state index in [1.165, 1.54) is 0 Å². The van der Waals surface area contributed by atoms with Gasteiger partial charge in [-0.3, -0.25) is 4.98 Å². The summed E-state index contributed by atoms with van der Waals surface area (Å²) in [6.45, 7) is 13.7. The van der Waals surface area contributed by atoms with E-state index < -0.39 is 8.32 Å². The largest absolute Gasteiger partial charge is 0.542 e. The summed E-state index contributed by atoms with van der Waals surface area (Å²) in [6.07, 6.45) is 3.61. The standard InChI is InChI=1S/C15H26ClNOSi/c1-11(2)19(12(3)4,13(5)6)18-15-7-14(8-16)9-17-10-15/h7,9-13H,8H2,1-6H3. The molecule has 0 aliphatic heterocycles. The Morgan fingerprint density at radius 1 is 1.05 bits per heavy atom. The highest BCUT2D eigenvalue weighted by Gasteiger charge is 2.47. The van der Waals surface area contributed by atoms with Gasteiger partial charge in [-0.25, -0.2) is 0 Å². The average Bonchev–Trinajstić information content (AvgIpc) is 2.34. The minimum Gasteiger partial charge on any atom is -0.542 e. The summed E-state index contributed by atoms with van der Waals surface area (Å²) in [5.41, 5.74) is 2.70.